The van der Waals surface area contributed by atoms with Crippen LogP contribution in [0.25, 0.3) is 0 Å². The van der Waals surface area contributed by atoms with E-state index in [0.29, 0.717) is 0 Å². The van der Waals surface area contributed by atoms with Crippen molar-refractivity contribution in [1.29, 1.82) is 0 Å². The maximum absolute atomic E-state index is 10.7. The van der Waals surface area contributed by atoms with Gasteiger partial charge in [0.05, 0.1) is 0 Å². The maximum atomic E-state index is 10.7. The molecule has 2 N–H and O–H groups in total. The number of hydrogen-bond acceptors (Lipinski definition) is 8. The quantitative estimate of drug-likeness (QED) is 0.242. The highest BCUT2D eigenvalue weighted by molar-refractivity contribution is 6.31. The number of carboxylic acid groups (broad SMARTS) is 2. The third-order valence-electron chi connectivity index (χ3n) is 1.09. The number of ether oxygens (including phenoxy) is 2. The van der Waals surface area contributed by atoms with Crippen molar-refractivity contribution in [2.45, 2.75) is 0 Å². The molecule has 0 aliphatic carbocycles. The molecular formula is C8H4O10. The number of carboxylic acids is 2. The van der Waals surface area contributed by atoms with Crippen molar-refractivity contribution < 1.29 is 48.5 Å². The van der Waals surface area contributed by atoms with Gasteiger partial charge in [0, 0.05) is 12.2 Å². The molecule has 10 heteroatoms. The molecule has 0 unspecified atom stereocenters. The van der Waals surface area contributed by atoms with Gasteiger partial charge in [-0.15, -0.1) is 0 Å². The first-order chi connectivity index (χ1) is 8.23. The summed E-state index contributed by atoms with van der Waals surface area (Å²) >= 11 is 0. The standard InChI is InChI=1S/C8H4O10/c9-3(17-7(15)5(11)12)1-2-4(10)18-8(16)6(13)14/h1-2H,(H,11,12)(H,13,14)/b2-1+. The summed E-state index contributed by atoms with van der Waals surface area (Å²) in [5.41, 5.74) is 0. The number of carbonyl (C=O) groups is 6. The van der Waals surface area contributed by atoms with Gasteiger partial charge in [-0.3, -0.25) is 0 Å². The van der Waals surface area contributed by atoms with E-state index in [1.807, 2.05) is 0 Å². The van der Waals surface area contributed by atoms with Crippen LogP contribution in [-0.4, -0.2) is 46.0 Å². The molecule has 18 heavy (non-hydrogen) atoms. The first-order valence-electron chi connectivity index (χ1n) is 3.90. The van der Waals surface area contributed by atoms with Gasteiger partial charge in [0.15, 0.2) is 0 Å². The van der Waals surface area contributed by atoms with Crippen molar-refractivity contribution in [2.75, 3.05) is 0 Å². The highest BCUT2D eigenvalue weighted by Gasteiger charge is 2.18. The van der Waals surface area contributed by atoms with Crippen LogP contribution in [0.5, 0.6) is 0 Å². The zero-order valence-electron chi connectivity index (χ0n) is 8.32. The lowest BCUT2D eigenvalue weighted by molar-refractivity contribution is -0.169. The van der Waals surface area contributed by atoms with Gasteiger partial charge < -0.3 is 19.7 Å². The molecule has 0 aromatic heterocycles. The van der Waals surface area contributed by atoms with Crippen LogP contribution in [0.1, 0.15) is 0 Å². The Morgan fingerprint density at radius 1 is 0.667 bits per heavy atom. The largest absolute Gasteiger partial charge is 0.473 e. The van der Waals surface area contributed by atoms with E-state index in [9.17, 15) is 28.8 Å². The first kappa shape index (κ1) is 15.0. The molecule has 0 amide bonds. The fourth-order valence-corrected chi connectivity index (χ4v) is 0.474. The maximum Gasteiger partial charge on any atom is 0.425 e. The third-order valence-corrected chi connectivity index (χ3v) is 1.09. The summed E-state index contributed by atoms with van der Waals surface area (Å²) in [6, 6.07) is 0. The summed E-state index contributed by atoms with van der Waals surface area (Å²) in [5.74, 6) is -10.8. The average molecular weight is 260 g/mol. The van der Waals surface area contributed by atoms with Crippen LogP contribution in [0, 0.1) is 0 Å². The number of esters is 4. The van der Waals surface area contributed by atoms with Crippen molar-refractivity contribution >= 4 is 35.8 Å². The van der Waals surface area contributed by atoms with Crippen molar-refractivity contribution in [3.63, 3.8) is 0 Å². The Kier molecular flexibility index (Phi) is 5.42. The normalized spacial score (nSPS) is 9.56. The van der Waals surface area contributed by atoms with Crippen molar-refractivity contribution in [3.8, 4) is 0 Å². The van der Waals surface area contributed by atoms with Gasteiger partial charge in [0.25, 0.3) is 0 Å². The highest BCUT2D eigenvalue weighted by Crippen LogP contribution is 1.88. The summed E-state index contributed by atoms with van der Waals surface area (Å²) in [4.78, 5) is 61.9. The summed E-state index contributed by atoms with van der Waals surface area (Å²) in [7, 11) is 0. The summed E-state index contributed by atoms with van der Waals surface area (Å²) in [5, 5.41) is 16.1. The lowest BCUT2D eigenvalue weighted by Crippen LogP contribution is -2.21. The monoisotopic (exact) mass is 260 g/mol. The van der Waals surface area contributed by atoms with Gasteiger partial charge in [-0.05, 0) is 0 Å². The van der Waals surface area contributed by atoms with E-state index in [1.165, 1.54) is 0 Å². The Labute approximate surface area is 97.4 Å². The molecule has 0 atom stereocenters. The number of carbonyl (C=O) groups excluding carboxylic acids is 4. The number of aliphatic carboxylic acids is 2. The minimum Gasteiger partial charge on any atom is -0.473 e. The predicted octanol–water partition coefficient (Wildman–Crippen LogP) is -2.15. The molecule has 0 fully saturated rings. The smallest absolute Gasteiger partial charge is 0.425 e. The Morgan fingerprint density at radius 2 is 0.944 bits per heavy atom. The van der Waals surface area contributed by atoms with Crippen LogP contribution in [0.4, 0.5) is 0 Å². The van der Waals surface area contributed by atoms with Gasteiger partial charge >= 0.3 is 35.8 Å². The Morgan fingerprint density at radius 3 is 1.17 bits per heavy atom. The van der Waals surface area contributed by atoms with E-state index in [1.54, 1.807) is 0 Å². The molecule has 0 aliphatic rings. The van der Waals surface area contributed by atoms with Crippen LogP contribution < -0.4 is 0 Å². The second kappa shape index (κ2) is 6.52. The van der Waals surface area contributed by atoms with Crippen LogP contribution in [-0.2, 0) is 38.2 Å². The minimum absolute atomic E-state index is 0.276. The lowest BCUT2D eigenvalue weighted by Gasteiger charge is -1.95. The molecule has 0 spiro atoms. The molecule has 0 saturated heterocycles. The first-order valence-corrected chi connectivity index (χ1v) is 3.90. The van der Waals surface area contributed by atoms with E-state index in [2.05, 4.69) is 9.47 Å². The van der Waals surface area contributed by atoms with Gasteiger partial charge in [-0.1, -0.05) is 0 Å². The summed E-state index contributed by atoms with van der Waals surface area (Å²) in [6.07, 6.45) is 0.552. The van der Waals surface area contributed by atoms with E-state index >= 15 is 0 Å². The van der Waals surface area contributed by atoms with Gasteiger partial charge in [-0.25, -0.2) is 28.8 Å². The van der Waals surface area contributed by atoms with E-state index in [0.717, 1.165) is 0 Å². The van der Waals surface area contributed by atoms with E-state index < -0.39 is 35.8 Å². The van der Waals surface area contributed by atoms with Crippen LogP contribution in [0.15, 0.2) is 12.2 Å². The Bertz CT molecular complexity index is 414. The minimum atomic E-state index is -2.03. The highest BCUT2D eigenvalue weighted by atomic mass is 16.6. The third kappa shape index (κ3) is 5.75. The van der Waals surface area contributed by atoms with Gasteiger partial charge in [0.1, 0.15) is 0 Å². The topological polar surface area (TPSA) is 161 Å². The molecule has 96 valence electrons. The van der Waals surface area contributed by atoms with Crippen LogP contribution >= 0.6 is 0 Å². The van der Waals surface area contributed by atoms with E-state index in [4.69, 9.17) is 10.2 Å². The molecular weight excluding hydrogens is 256 g/mol. The molecule has 0 saturated carbocycles. The van der Waals surface area contributed by atoms with E-state index in [-0.39, 0.29) is 12.2 Å². The molecule has 0 radical (unpaired) electrons. The molecule has 0 bridgehead atoms. The van der Waals surface area contributed by atoms with Crippen molar-refractivity contribution in [3.05, 3.63) is 12.2 Å². The summed E-state index contributed by atoms with van der Waals surface area (Å²) < 4.78 is 7.28. The summed E-state index contributed by atoms with van der Waals surface area (Å²) in [6.45, 7) is 0. The molecule has 0 aliphatic heterocycles. The predicted molar refractivity (Wildman–Crippen MR) is 46.6 cm³/mol. The zero-order chi connectivity index (χ0) is 14.3. The fourth-order valence-electron chi connectivity index (χ4n) is 0.474. The fraction of sp³-hybridized carbons (Fsp3) is 0. The molecule has 0 aromatic rings. The van der Waals surface area contributed by atoms with Crippen LogP contribution in [0.3, 0.4) is 0 Å². The Balaban J connectivity index is 4.31. The Hall–Kier alpha value is -3.04. The lowest BCUT2D eigenvalue weighted by atomic mass is 10.5. The van der Waals surface area contributed by atoms with Crippen LogP contribution in [0.2, 0.25) is 0 Å². The van der Waals surface area contributed by atoms with Gasteiger partial charge in [-0.2, -0.15) is 0 Å². The molecule has 0 aromatic carbocycles. The van der Waals surface area contributed by atoms with Gasteiger partial charge in [0.2, 0.25) is 0 Å². The average Bonchev–Trinajstić information content (AvgIpc) is 2.25. The SMILES string of the molecule is O=C(/C=C/C(=O)OC(=O)C(=O)O)OC(=O)C(=O)O. The zero-order valence-corrected chi connectivity index (χ0v) is 8.32. The second-order valence-electron chi connectivity index (χ2n) is 2.36. The number of hydrogen-bond donors (Lipinski definition) is 2. The number of rotatable bonds is 2. The molecule has 10 nitrogen and oxygen atoms in total. The molecule has 0 heterocycles. The molecule has 0 rings (SSSR count). The van der Waals surface area contributed by atoms with Crippen molar-refractivity contribution in [2.24, 2.45) is 0 Å². The second-order valence-corrected chi connectivity index (χ2v) is 2.36. The van der Waals surface area contributed by atoms with Crippen molar-refractivity contribution in [1.82, 2.24) is 0 Å².